The van der Waals surface area contributed by atoms with E-state index in [0.717, 1.165) is 13.1 Å². The average molecular weight is 266 g/mol. The predicted octanol–water partition coefficient (Wildman–Crippen LogP) is 3.05. The second-order valence-electron chi connectivity index (χ2n) is 4.71. The van der Waals surface area contributed by atoms with Gasteiger partial charge < -0.3 is 9.80 Å². The maximum absolute atomic E-state index is 2.43. The SMILES string of the molecule is CCN(C)CCCN(C)CCSc1ccccc1. The van der Waals surface area contributed by atoms with Gasteiger partial charge in [0.2, 0.25) is 0 Å². The molecule has 3 heteroatoms. The fourth-order valence-electron chi connectivity index (χ4n) is 1.72. The summed E-state index contributed by atoms with van der Waals surface area (Å²) in [5.74, 6) is 1.17. The quantitative estimate of drug-likeness (QED) is 0.634. The van der Waals surface area contributed by atoms with Crippen molar-refractivity contribution in [2.24, 2.45) is 0 Å². The van der Waals surface area contributed by atoms with Crippen LogP contribution in [0.1, 0.15) is 13.3 Å². The van der Waals surface area contributed by atoms with Gasteiger partial charge in [0.15, 0.2) is 0 Å². The number of thioether (sulfide) groups is 1. The summed E-state index contributed by atoms with van der Waals surface area (Å²) in [4.78, 5) is 6.17. The standard InChI is InChI=1S/C15H26N2S/c1-4-16(2)11-8-12-17(3)13-14-18-15-9-6-5-7-10-15/h5-7,9-10H,4,8,11-14H2,1-3H3. The van der Waals surface area contributed by atoms with Gasteiger partial charge in [0.1, 0.15) is 0 Å². The van der Waals surface area contributed by atoms with Gasteiger partial charge >= 0.3 is 0 Å². The molecule has 0 amide bonds. The highest BCUT2D eigenvalue weighted by molar-refractivity contribution is 7.99. The van der Waals surface area contributed by atoms with Crippen LogP contribution in [-0.4, -0.2) is 55.8 Å². The monoisotopic (exact) mass is 266 g/mol. The maximum Gasteiger partial charge on any atom is 0.0108 e. The molecule has 0 heterocycles. The van der Waals surface area contributed by atoms with Crippen LogP contribution in [0, 0.1) is 0 Å². The third-order valence-electron chi connectivity index (χ3n) is 3.10. The minimum absolute atomic E-state index is 1.15. The molecular formula is C15H26N2S. The van der Waals surface area contributed by atoms with Crippen molar-refractivity contribution in [1.82, 2.24) is 9.80 Å². The van der Waals surface area contributed by atoms with Crippen molar-refractivity contribution in [3.63, 3.8) is 0 Å². The Morgan fingerprint density at radius 1 is 0.944 bits per heavy atom. The second kappa shape index (κ2) is 9.42. The summed E-state index contributed by atoms with van der Waals surface area (Å²) in [6.07, 6.45) is 1.26. The van der Waals surface area contributed by atoms with Gasteiger partial charge in [-0.3, -0.25) is 0 Å². The molecule has 0 radical (unpaired) electrons. The van der Waals surface area contributed by atoms with E-state index in [1.165, 1.54) is 30.2 Å². The maximum atomic E-state index is 2.43. The Bertz CT molecular complexity index is 303. The number of rotatable bonds is 9. The average Bonchev–Trinajstić information content (AvgIpc) is 2.39. The van der Waals surface area contributed by atoms with Crippen LogP contribution in [0.25, 0.3) is 0 Å². The van der Waals surface area contributed by atoms with E-state index >= 15 is 0 Å². The van der Waals surface area contributed by atoms with Gasteiger partial charge in [-0.2, -0.15) is 0 Å². The van der Waals surface area contributed by atoms with Gasteiger partial charge in [-0.25, -0.2) is 0 Å². The van der Waals surface area contributed by atoms with Crippen LogP contribution in [0.5, 0.6) is 0 Å². The molecule has 0 aromatic heterocycles. The van der Waals surface area contributed by atoms with E-state index in [-0.39, 0.29) is 0 Å². The van der Waals surface area contributed by atoms with Crippen molar-refractivity contribution < 1.29 is 0 Å². The molecule has 1 aromatic carbocycles. The molecule has 0 N–H and O–H groups in total. The minimum atomic E-state index is 1.15. The van der Waals surface area contributed by atoms with Crippen LogP contribution in [0.2, 0.25) is 0 Å². The Morgan fingerprint density at radius 3 is 2.28 bits per heavy atom. The zero-order valence-corrected chi connectivity index (χ0v) is 12.7. The van der Waals surface area contributed by atoms with Gasteiger partial charge in [0.25, 0.3) is 0 Å². The van der Waals surface area contributed by atoms with Crippen LogP contribution < -0.4 is 0 Å². The van der Waals surface area contributed by atoms with Gasteiger partial charge in [0.05, 0.1) is 0 Å². The van der Waals surface area contributed by atoms with E-state index in [1.807, 2.05) is 11.8 Å². The van der Waals surface area contributed by atoms with Gasteiger partial charge in [-0.05, 0) is 52.3 Å². The lowest BCUT2D eigenvalue weighted by Gasteiger charge is -2.19. The summed E-state index contributed by atoms with van der Waals surface area (Å²) in [6.45, 7) is 6.91. The molecule has 0 aliphatic carbocycles. The molecule has 18 heavy (non-hydrogen) atoms. The molecule has 0 aliphatic rings. The van der Waals surface area contributed by atoms with Crippen LogP contribution in [0.15, 0.2) is 35.2 Å². The minimum Gasteiger partial charge on any atom is -0.307 e. The van der Waals surface area contributed by atoms with E-state index in [2.05, 4.69) is 61.2 Å². The molecule has 2 nitrogen and oxygen atoms in total. The lowest BCUT2D eigenvalue weighted by molar-refractivity contribution is 0.294. The Morgan fingerprint density at radius 2 is 1.61 bits per heavy atom. The molecule has 0 saturated carbocycles. The Balaban J connectivity index is 2.05. The lowest BCUT2D eigenvalue weighted by Crippen LogP contribution is -2.27. The Labute approximate surface area is 116 Å². The topological polar surface area (TPSA) is 6.48 Å². The molecule has 0 saturated heterocycles. The third-order valence-corrected chi connectivity index (χ3v) is 4.10. The molecule has 102 valence electrons. The molecule has 0 atom stereocenters. The number of hydrogen-bond acceptors (Lipinski definition) is 3. The van der Waals surface area contributed by atoms with Gasteiger partial charge in [-0.15, -0.1) is 11.8 Å². The fourth-order valence-corrected chi connectivity index (χ4v) is 2.70. The van der Waals surface area contributed by atoms with E-state index in [4.69, 9.17) is 0 Å². The number of nitrogens with zero attached hydrogens (tertiary/aromatic N) is 2. The van der Waals surface area contributed by atoms with Crippen molar-refractivity contribution in [2.45, 2.75) is 18.2 Å². The smallest absolute Gasteiger partial charge is 0.0108 e. The van der Waals surface area contributed by atoms with Crippen LogP contribution in [0.4, 0.5) is 0 Å². The Hall–Kier alpha value is -0.510. The second-order valence-corrected chi connectivity index (χ2v) is 5.88. The van der Waals surface area contributed by atoms with E-state index in [1.54, 1.807) is 0 Å². The summed E-state index contributed by atoms with van der Waals surface area (Å²) in [5, 5.41) is 0. The Kier molecular flexibility index (Phi) is 8.14. The zero-order valence-electron chi connectivity index (χ0n) is 11.9. The first-order valence-electron chi connectivity index (χ1n) is 6.77. The van der Waals surface area contributed by atoms with E-state index in [9.17, 15) is 0 Å². The molecule has 1 rings (SSSR count). The molecule has 0 bridgehead atoms. The van der Waals surface area contributed by atoms with Gasteiger partial charge in [-0.1, -0.05) is 25.1 Å². The lowest BCUT2D eigenvalue weighted by atomic mass is 10.3. The van der Waals surface area contributed by atoms with Crippen molar-refractivity contribution in [3.05, 3.63) is 30.3 Å². The highest BCUT2D eigenvalue weighted by Gasteiger charge is 2.00. The number of benzene rings is 1. The van der Waals surface area contributed by atoms with Crippen molar-refractivity contribution in [1.29, 1.82) is 0 Å². The first kappa shape index (κ1) is 15.5. The van der Waals surface area contributed by atoms with Crippen LogP contribution in [0.3, 0.4) is 0 Å². The highest BCUT2D eigenvalue weighted by atomic mass is 32.2. The largest absolute Gasteiger partial charge is 0.307 e. The fraction of sp³-hybridized carbons (Fsp3) is 0.600. The summed E-state index contributed by atoms with van der Waals surface area (Å²) < 4.78 is 0. The normalized spacial score (nSPS) is 11.4. The van der Waals surface area contributed by atoms with E-state index in [0.29, 0.717) is 0 Å². The first-order valence-corrected chi connectivity index (χ1v) is 7.76. The van der Waals surface area contributed by atoms with Crippen molar-refractivity contribution >= 4 is 11.8 Å². The summed E-state index contributed by atoms with van der Waals surface area (Å²) >= 11 is 1.94. The van der Waals surface area contributed by atoms with Crippen molar-refractivity contribution in [3.8, 4) is 0 Å². The molecule has 0 unspecified atom stereocenters. The van der Waals surface area contributed by atoms with Crippen molar-refractivity contribution in [2.75, 3.05) is 46.0 Å². The molecule has 0 fully saturated rings. The van der Waals surface area contributed by atoms with Crippen LogP contribution >= 0.6 is 11.8 Å². The third kappa shape index (κ3) is 7.04. The zero-order chi connectivity index (χ0) is 13.2. The van der Waals surface area contributed by atoms with Crippen LogP contribution in [-0.2, 0) is 0 Å². The summed E-state index contributed by atoms with van der Waals surface area (Å²) in [6, 6.07) is 10.6. The first-order chi connectivity index (χ1) is 8.72. The molecule has 1 aromatic rings. The summed E-state index contributed by atoms with van der Waals surface area (Å²) in [7, 11) is 4.41. The molecular weight excluding hydrogens is 240 g/mol. The predicted molar refractivity (Wildman–Crippen MR) is 82.5 cm³/mol. The molecule has 0 spiro atoms. The molecule has 0 aliphatic heterocycles. The number of hydrogen-bond donors (Lipinski definition) is 0. The highest BCUT2D eigenvalue weighted by Crippen LogP contribution is 2.16. The van der Waals surface area contributed by atoms with E-state index < -0.39 is 0 Å². The van der Waals surface area contributed by atoms with Gasteiger partial charge in [0, 0.05) is 17.2 Å². The summed E-state index contributed by atoms with van der Waals surface area (Å²) in [5.41, 5.74) is 0.